The zero-order valence-corrected chi connectivity index (χ0v) is 13.0. The summed E-state index contributed by atoms with van der Waals surface area (Å²) in [6.45, 7) is 1.66. The smallest absolute Gasteiger partial charge is 0.282 e. The first kappa shape index (κ1) is 17.6. The standard InChI is InChI=1S/C17H17FN2O4/c1-11(9-16(21)12-5-3-2-4-6-12)19-17(22)14-10-13(18)7-8-15(14)20(23)24/h2-8,10-11,16,21H,9H2,1H3,(H,19,22)/t11-,16-/m1/s1. The summed E-state index contributed by atoms with van der Waals surface area (Å²) < 4.78 is 13.3. The second kappa shape index (κ2) is 7.65. The van der Waals surface area contributed by atoms with Crippen molar-refractivity contribution in [1.29, 1.82) is 0 Å². The minimum absolute atomic E-state index is 0.221. The molecule has 0 aliphatic carbocycles. The largest absolute Gasteiger partial charge is 0.388 e. The van der Waals surface area contributed by atoms with E-state index in [1.165, 1.54) is 0 Å². The lowest BCUT2D eigenvalue weighted by Gasteiger charge is -2.18. The molecule has 0 heterocycles. The van der Waals surface area contributed by atoms with E-state index in [-0.39, 0.29) is 12.0 Å². The van der Waals surface area contributed by atoms with Gasteiger partial charge in [-0.05, 0) is 31.0 Å². The van der Waals surface area contributed by atoms with E-state index in [0.29, 0.717) is 5.56 Å². The highest BCUT2D eigenvalue weighted by molar-refractivity contribution is 5.98. The Kier molecular flexibility index (Phi) is 5.59. The van der Waals surface area contributed by atoms with Gasteiger partial charge in [0, 0.05) is 12.1 Å². The van der Waals surface area contributed by atoms with E-state index >= 15 is 0 Å². The number of rotatable bonds is 6. The van der Waals surface area contributed by atoms with Gasteiger partial charge >= 0.3 is 0 Å². The average molecular weight is 332 g/mol. The molecule has 0 unspecified atom stereocenters. The van der Waals surface area contributed by atoms with Crippen molar-refractivity contribution in [1.82, 2.24) is 5.32 Å². The number of nitrogens with zero attached hydrogens (tertiary/aromatic N) is 1. The zero-order chi connectivity index (χ0) is 17.7. The summed E-state index contributed by atoms with van der Waals surface area (Å²) >= 11 is 0. The van der Waals surface area contributed by atoms with Crippen molar-refractivity contribution in [3.63, 3.8) is 0 Å². The molecular formula is C17H17FN2O4. The van der Waals surface area contributed by atoms with E-state index in [0.717, 1.165) is 18.2 Å². The van der Waals surface area contributed by atoms with Gasteiger partial charge in [0.15, 0.2) is 0 Å². The number of halogens is 1. The SMILES string of the molecule is C[C@H](C[C@@H](O)c1ccccc1)NC(=O)c1cc(F)ccc1[N+](=O)[O-]. The monoisotopic (exact) mass is 332 g/mol. The lowest BCUT2D eigenvalue weighted by atomic mass is 10.0. The van der Waals surface area contributed by atoms with E-state index < -0.39 is 34.5 Å². The minimum atomic E-state index is -0.788. The van der Waals surface area contributed by atoms with Gasteiger partial charge in [-0.15, -0.1) is 0 Å². The summed E-state index contributed by atoms with van der Waals surface area (Å²) in [7, 11) is 0. The highest BCUT2D eigenvalue weighted by Gasteiger charge is 2.23. The van der Waals surface area contributed by atoms with Crippen LogP contribution in [0.4, 0.5) is 10.1 Å². The zero-order valence-electron chi connectivity index (χ0n) is 13.0. The van der Waals surface area contributed by atoms with Crippen LogP contribution < -0.4 is 5.32 Å². The van der Waals surface area contributed by atoms with Gasteiger partial charge in [-0.25, -0.2) is 4.39 Å². The summed E-state index contributed by atoms with van der Waals surface area (Å²) in [6.07, 6.45) is -0.567. The molecule has 0 saturated carbocycles. The number of hydrogen-bond donors (Lipinski definition) is 2. The molecule has 2 N–H and O–H groups in total. The van der Waals surface area contributed by atoms with Crippen LogP contribution in [0.1, 0.15) is 35.4 Å². The highest BCUT2D eigenvalue weighted by Crippen LogP contribution is 2.21. The molecule has 24 heavy (non-hydrogen) atoms. The number of carbonyl (C=O) groups excluding carboxylic acids is 1. The maximum atomic E-state index is 13.3. The van der Waals surface area contributed by atoms with Crippen LogP contribution in [-0.4, -0.2) is 22.0 Å². The van der Waals surface area contributed by atoms with E-state index in [1.54, 1.807) is 31.2 Å². The van der Waals surface area contributed by atoms with Gasteiger partial charge in [-0.2, -0.15) is 0 Å². The lowest BCUT2D eigenvalue weighted by molar-refractivity contribution is -0.385. The first-order valence-electron chi connectivity index (χ1n) is 7.36. The van der Waals surface area contributed by atoms with E-state index in [4.69, 9.17) is 0 Å². The normalized spacial score (nSPS) is 13.1. The number of benzene rings is 2. The Labute approximate surface area is 138 Å². The van der Waals surface area contributed by atoms with Gasteiger partial charge in [0.1, 0.15) is 11.4 Å². The summed E-state index contributed by atoms with van der Waals surface area (Å²) in [5.41, 5.74) is -0.110. The van der Waals surface area contributed by atoms with Crippen molar-refractivity contribution in [3.05, 3.63) is 75.6 Å². The van der Waals surface area contributed by atoms with Crippen LogP contribution in [-0.2, 0) is 0 Å². The van der Waals surface area contributed by atoms with Crippen LogP contribution in [0.2, 0.25) is 0 Å². The van der Waals surface area contributed by atoms with Crippen LogP contribution in [0.5, 0.6) is 0 Å². The van der Waals surface area contributed by atoms with Crippen molar-refractivity contribution in [2.45, 2.75) is 25.5 Å². The predicted molar refractivity (Wildman–Crippen MR) is 86.0 cm³/mol. The molecular weight excluding hydrogens is 315 g/mol. The molecule has 0 aromatic heterocycles. The minimum Gasteiger partial charge on any atom is -0.388 e. The molecule has 2 atom stereocenters. The van der Waals surface area contributed by atoms with E-state index in [1.807, 2.05) is 6.07 Å². The van der Waals surface area contributed by atoms with Gasteiger partial charge in [0.2, 0.25) is 0 Å². The van der Waals surface area contributed by atoms with Crippen LogP contribution in [0.25, 0.3) is 0 Å². The first-order chi connectivity index (χ1) is 11.4. The number of nitro groups is 1. The summed E-state index contributed by atoms with van der Waals surface area (Å²) in [5, 5.41) is 23.6. The molecule has 0 aliphatic heterocycles. The van der Waals surface area contributed by atoms with Crippen molar-refractivity contribution >= 4 is 11.6 Å². The van der Waals surface area contributed by atoms with E-state index in [9.17, 15) is 24.4 Å². The molecule has 0 spiro atoms. The highest BCUT2D eigenvalue weighted by atomic mass is 19.1. The van der Waals surface area contributed by atoms with Crippen molar-refractivity contribution in [3.8, 4) is 0 Å². The number of nitro benzene ring substituents is 1. The Hall–Kier alpha value is -2.80. The molecule has 0 fully saturated rings. The van der Waals surface area contributed by atoms with Gasteiger partial charge in [-0.3, -0.25) is 14.9 Å². The van der Waals surface area contributed by atoms with Crippen molar-refractivity contribution in [2.24, 2.45) is 0 Å². The molecule has 0 bridgehead atoms. The molecule has 126 valence electrons. The van der Waals surface area contributed by atoms with Crippen LogP contribution in [0.3, 0.4) is 0 Å². The Morgan fingerprint density at radius 2 is 1.96 bits per heavy atom. The third kappa shape index (κ3) is 4.36. The molecule has 6 nitrogen and oxygen atoms in total. The third-order valence-corrected chi connectivity index (χ3v) is 3.54. The molecule has 0 radical (unpaired) electrons. The Bertz CT molecular complexity index is 737. The molecule has 7 heteroatoms. The fourth-order valence-electron chi connectivity index (χ4n) is 2.36. The molecule has 0 saturated heterocycles. The Morgan fingerprint density at radius 1 is 1.29 bits per heavy atom. The van der Waals surface area contributed by atoms with Gasteiger partial charge in [-0.1, -0.05) is 30.3 Å². The molecule has 2 rings (SSSR count). The van der Waals surface area contributed by atoms with Crippen LogP contribution >= 0.6 is 0 Å². The number of aliphatic hydroxyl groups is 1. The van der Waals surface area contributed by atoms with Gasteiger partial charge < -0.3 is 10.4 Å². The number of nitrogens with one attached hydrogen (secondary N) is 1. The Morgan fingerprint density at radius 3 is 2.58 bits per heavy atom. The lowest BCUT2D eigenvalue weighted by Crippen LogP contribution is -2.34. The molecule has 2 aromatic rings. The predicted octanol–water partition coefficient (Wildman–Crippen LogP) is 2.98. The summed E-state index contributed by atoms with van der Waals surface area (Å²) in [4.78, 5) is 22.4. The topological polar surface area (TPSA) is 92.5 Å². The fraction of sp³-hybridized carbons (Fsp3) is 0.235. The Balaban J connectivity index is 2.07. The maximum absolute atomic E-state index is 13.3. The van der Waals surface area contributed by atoms with Gasteiger partial charge in [0.05, 0.1) is 11.0 Å². The van der Waals surface area contributed by atoms with Crippen molar-refractivity contribution in [2.75, 3.05) is 0 Å². The molecule has 1 amide bonds. The average Bonchev–Trinajstić information content (AvgIpc) is 2.55. The molecule has 2 aromatic carbocycles. The molecule has 0 aliphatic rings. The second-order valence-corrected chi connectivity index (χ2v) is 5.46. The summed E-state index contributed by atoms with van der Waals surface area (Å²) in [5.74, 6) is -1.49. The quantitative estimate of drug-likeness (QED) is 0.628. The number of carbonyl (C=O) groups is 1. The van der Waals surface area contributed by atoms with Gasteiger partial charge in [0.25, 0.3) is 11.6 Å². The second-order valence-electron chi connectivity index (χ2n) is 5.46. The van der Waals surface area contributed by atoms with Crippen LogP contribution in [0.15, 0.2) is 48.5 Å². The number of amides is 1. The van der Waals surface area contributed by atoms with Crippen LogP contribution in [0, 0.1) is 15.9 Å². The maximum Gasteiger partial charge on any atom is 0.282 e. The third-order valence-electron chi connectivity index (χ3n) is 3.54. The summed E-state index contributed by atoms with van der Waals surface area (Å²) in [6, 6.07) is 11.2. The van der Waals surface area contributed by atoms with Crippen molar-refractivity contribution < 1.29 is 19.2 Å². The van der Waals surface area contributed by atoms with E-state index in [2.05, 4.69) is 5.32 Å². The fourth-order valence-corrected chi connectivity index (χ4v) is 2.36. The first-order valence-corrected chi connectivity index (χ1v) is 7.36. The number of aliphatic hydroxyl groups excluding tert-OH is 1. The number of hydrogen-bond acceptors (Lipinski definition) is 4.